The van der Waals surface area contributed by atoms with Crippen molar-refractivity contribution in [1.82, 2.24) is 14.8 Å². The molecule has 2 aliphatic rings. The van der Waals surface area contributed by atoms with Gasteiger partial charge in [0.25, 0.3) is 0 Å². The van der Waals surface area contributed by atoms with Gasteiger partial charge in [0, 0.05) is 52.0 Å². The van der Waals surface area contributed by atoms with E-state index in [1.807, 2.05) is 32.3 Å². The molecule has 12 heteroatoms. The number of benzene rings is 1. The van der Waals surface area contributed by atoms with Crippen LogP contribution in [0, 0.1) is 5.92 Å². The first-order valence-electron chi connectivity index (χ1n) is 13.8. The Morgan fingerprint density at radius 3 is 2.14 bits per heavy atom. The molecule has 1 fully saturated rings. The van der Waals surface area contributed by atoms with Crippen LogP contribution in [-0.2, 0) is 35.9 Å². The van der Waals surface area contributed by atoms with Crippen LogP contribution < -0.4 is 0 Å². The van der Waals surface area contributed by atoms with Gasteiger partial charge in [0.15, 0.2) is 5.60 Å². The van der Waals surface area contributed by atoms with Crippen LogP contribution in [0.5, 0.6) is 0 Å². The molecule has 0 radical (unpaired) electrons. The number of aromatic nitrogens is 1. The highest BCUT2D eigenvalue weighted by Gasteiger charge is 2.45. The molecule has 1 spiro atoms. The fourth-order valence-electron chi connectivity index (χ4n) is 5.61. The Morgan fingerprint density at radius 2 is 1.62 bits per heavy atom. The molecule has 2 unspecified atom stereocenters. The van der Waals surface area contributed by atoms with E-state index < -0.39 is 36.4 Å². The van der Waals surface area contributed by atoms with Gasteiger partial charge in [0.05, 0.1) is 30.5 Å². The van der Waals surface area contributed by atoms with Crippen LogP contribution in [0.3, 0.4) is 0 Å². The number of carbonyl (C=O) groups is 4. The third kappa shape index (κ3) is 8.11. The fraction of sp³-hybridized carbons (Fsp3) is 0.500. The van der Waals surface area contributed by atoms with Gasteiger partial charge in [0.1, 0.15) is 0 Å². The van der Waals surface area contributed by atoms with Gasteiger partial charge >= 0.3 is 17.9 Å². The van der Waals surface area contributed by atoms with E-state index >= 15 is 0 Å². The summed E-state index contributed by atoms with van der Waals surface area (Å²) in [5.41, 5.74) is 0.771. The summed E-state index contributed by atoms with van der Waals surface area (Å²) in [7, 11) is 3.67. The standard InChI is InChI=1S/C24H31N3O2.C6H8O7/c1-18-21-9-4-5-10-22(21)24(29-18)11-14-27(15-12-24)17-19(23(28)26(2)3)16-20-8-6-7-13-25-20;7-3(8)1-6(13,5(11)12)2-4(9)10/h4-10,13,18-19H,11-12,14-17H2,1-3H3;13H,1-2H2,(H,7,8)(H,9,10)(H,11,12). The molecule has 0 bridgehead atoms. The highest BCUT2D eigenvalue weighted by molar-refractivity contribution is 5.88. The number of aliphatic carboxylic acids is 3. The number of likely N-dealkylation sites (tertiary alicyclic amines) is 1. The molecule has 42 heavy (non-hydrogen) atoms. The van der Waals surface area contributed by atoms with Gasteiger partial charge in [-0.15, -0.1) is 0 Å². The third-order valence-electron chi connectivity index (χ3n) is 7.69. The van der Waals surface area contributed by atoms with E-state index in [-0.39, 0.29) is 23.5 Å². The number of pyridine rings is 1. The van der Waals surface area contributed by atoms with Gasteiger partial charge in [-0.2, -0.15) is 0 Å². The molecule has 1 aromatic heterocycles. The van der Waals surface area contributed by atoms with Crippen molar-refractivity contribution < 1.29 is 44.3 Å². The van der Waals surface area contributed by atoms with Crippen molar-refractivity contribution in [3.8, 4) is 0 Å². The maximum atomic E-state index is 12.8. The fourth-order valence-corrected chi connectivity index (χ4v) is 5.61. The summed E-state index contributed by atoms with van der Waals surface area (Å²) in [6.07, 6.45) is 2.29. The second kappa shape index (κ2) is 13.9. The number of amides is 1. The van der Waals surface area contributed by atoms with Crippen molar-refractivity contribution in [3.05, 3.63) is 65.5 Å². The molecule has 12 nitrogen and oxygen atoms in total. The van der Waals surface area contributed by atoms with Crippen LogP contribution in [-0.4, -0.2) is 98.4 Å². The molecule has 228 valence electrons. The number of carboxylic acid groups (broad SMARTS) is 3. The smallest absolute Gasteiger partial charge is 0.336 e. The molecule has 3 heterocycles. The molecule has 1 aromatic carbocycles. The van der Waals surface area contributed by atoms with Crippen molar-refractivity contribution in [2.45, 2.75) is 56.3 Å². The number of aliphatic hydroxyl groups is 1. The average Bonchev–Trinajstić information content (AvgIpc) is 3.20. The SMILES string of the molecule is CC1OC2(CCN(CC(Cc3ccccn3)C(=O)N(C)C)CC2)c2ccccc21.O=C(O)CC(O)(CC(=O)O)C(=O)O. The van der Waals surface area contributed by atoms with Crippen LogP contribution in [0.1, 0.15) is 55.5 Å². The van der Waals surface area contributed by atoms with E-state index in [0.717, 1.165) is 38.2 Å². The number of hydrogen-bond acceptors (Lipinski definition) is 8. The zero-order valence-corrected chi connectivity index (χ0v) is 24.1. The molecule has 2 aromatic rings. The quantitative estimate of drug-likeness (QED) is 0.321. The number of piperidine rings is 1. The topological polar surface area (TPSA) is 178 Å². The van der Waals surface area contributed by atoms with Crippen molar-refractivity contribution in [2.75, 3.05) is 33.7 Å². The number of carbonyl (C=O) groups excluding carboxylic acids is 1. The van der Waals surface area contributed by atoms with E-state index in [4.69, 9.17) is 25.2 Å². The summed E-state index contributed by atoms with van der Waals surface area (Å²) >= 11 is 0. The van der Waals surface area contributed by atoms with Gasteiger partial charge in [-0.05, 0) is 43.0 Å². The lowest BCUT2D eigenvalue weighted by Gasteiger charge is -2.40. The maximum Gasteiger partial charge on any atom is 0.336 e. The zero-order chi connectivity index (χ0) is 31.1. The Kier molecular flexibility index (Phi) is 10.8. The van der Waals surface area contributed by atoms with E-state index in [0.29, 0.717) is 6.42 Å². The number of fused-ring (bicyclic) bond motifs is 2. The van der Waals surface area contributed by atoms with E-state index in [1.165, 1.54) is 11.1 Å². The highest BCUT2D eigenvalue weighted by atomic mass is 16.5. The Bertz CT molecular complexity index is 1240. The molecule has 1 saturated heterocycles. The number of nitrogens with zero attached hydrogens (tertiary/aromatic N) is 3. The van der Waals surface area contributed by atoms with Crippen LogP contribution >= 0.6 is 0 Å². The molecular formula is C30H39N3O9. The lowest BCUT2D eigenvalue weighted by molar-refractivity contribution is -0.170. The molecule has 1 amide bonds. The van der Waals surface area contributed by atoms with E-state index in [9.17, 15) is 19.2 Å². The normalized spacial score (nSPS) is 18.3. The lowest BCUT2D eigenvalue weighted by atomic mass is 9.83. The van der Waals surface area contributed by atoms with Crippen LogP contribution in [0.4, 0.5) is 0 Å². The lowest BCUT2D eigenvalue weighted by Crippen LogP contribution is -2.46. The number of ether oxygens (including phenoxy) is 1. The largest absolute Gasteiger partial charge is 0.481 e. The van der Waals surface area contributed by atoms with Gasteiger partial charge in [-0.1, -0.05) is 30.3 Å². The van der Waals surface area contributed by atoms with Crippen molar-refractivity contribution in [3.63, 3.8) is 0 Å². The first-order valence-corrected chi connectivity index (χ1v) is 13.8. The van der Waals surface area contributed by atoms with E-state index in [1.54, 1.807) is 11.1 Å². The van der Waals surface area contributed by atoms with Gasteiger partial charge in [0.2, 0.25) is 5.91 Å². The minimum absolute atomic E-state index is 0.0790. The predicted octanol–water partition coefficient (Wildman–Crippen LogP) is 2.16. The third-order valence-corrected chi connectivity index (χ3v) is 7.69. The number of carboxylic acids is 3. The molecule has 2 aliphatic heterocycles. The average molecular weight is 586 g/mol. The summed E-state index contributed by atoms with van der Waals surface area (Å²) in [4.78, 5) is 51.9. The Labute approximate surface area is 244 Å². The van der Waals surface area contributed by atoms with E-state index in [2.05, 4.69) is 41.1 Å². The second-order valence-corrected chi connectivity index (χ2v) is 11.1. The monoisotopic (exact) mass is 585 g/mol. The van der Waals surface area contributed by atoms with Crippen LogP contribution in [0.25, 0.3) is 0 Å². The number of hydrogen-bond donors (Lipinski definition) is 4. The van der Waals surface area contributed by atoms with Crippen molar-refractivity contribution in [1.29, 1.82) is 0 Å². The van der Waals surface area contributed by atoms with Gasteiger partial charge in [-0.25, -0.2) is 4.79 Å². The summed E-state index contributed by atoms with van der Waals surface area (Å²) in [5.74, 6) is -4.92. The first-order chi connectivity index (χ1) is 19.8. The molecule has 4 N–H and O–H groups in total. The summed E-state index contributed by atoms with van der Waals surface area (Å²) < 4.78 is 6.48. The predicted molar refractivity (Wildman–Crippen MR) is 151 cm³/mol. The Morgan fingerprint density at radius 1 is 1.02 bits per heavy atom. The number of rotatable bonds is 10. The second-order valence-electron chi connectivity index (χ2n) is 11.1. The highest BCUT2D eigenvalue weighted by Crippen LogP contribution is 2.49. The minimum Gasteiger partial charge on any atom is -0.481 e. The molecular weight excluding hydrogens is 546 g/mol. The van der Waals surface area contributed by atoms with Crippen molar-refractivity contribution >= 4 is 23.8 Å². The summed E-state index contributed by atoms with van der Waals surface area (Å²) in [5, 5.41) is 33.8. The van der Waals surface area contributed by atoms with Gasteiger partial charge in [-0.3, -0.25) is 19.4 Å². The zero-order valence-electron chi connectivity index (χ0n) is 24.1. The van der Waals surface area contributed by atoms with Crippen LogP contribution in [0.2, 0.25) is 0 Å². The van der Waals surface area contributed by atoms with Crippen molar-refractivity contribution in [2.24, 2.45) is 5.92 Å². The van der Waals surface area contributed by atoms with Crippen LogP contribution in [0.15, 0.2) is 48.7 Å². The molecule has 2 atom stereocenters. The minimum atomic E-state index is -2.74. The first kappa shape index (κ1) is 32.6. The molecule has 4 rings (SSSR count). The maximum absolute atomic E-state index is 12.8. The molecule has 0 aliphatic carbocycles. The molecule has 0 saturated carbocycles. The summed E-state index contributed by atoms with van der Waals surface area (Å²) in [6.45, 7) is 4.81. The summed E-state index contributed by atoms with van der Waals surface area (Å²) in [6, 6.07) is 14.5. The Balaban J connectivity index is 0.000000316. The Hall–Kier alpha value is -3.87. The van der Waals surface area contributed by atoms with Gasteiger partial charge < -0.3 is 35.0 Å².